The van der Waals surface area contributed by atoms with Crippen LogP contribution in [0.25, 0.3) is 0 Å². The summed E-state index contributed by atoms with van der Waals surface area (Å²) in [5.74, 6) is 0. The van der Waals surface area contributed by atoms with Gasteiger partial charge in [0.05, 0.1) is 0 Å². The van der Waals surface area contributed by atoms with Crippen molar-refractivity contribution < 1.29 is 0 Å². The molecule has 0 spiro atoms. The van der Waals surface area contributed by atoms with Crippen LogP contribution in [0.4, 0.5) is 0 Å². The molecule has 0 aromatic carbocycles. The van der Waals surface area contributed by atoms with Crippen molar-refractivity contribution in [1.82, 2.24) is 10.2 Å². The third kappa shape index (κ3) is 4.08. The summed E-state index contributed by atoms with van der Waals surface area (Å²) in [5.41, 5.74) is 2.61. The number of piperidine rings is 1. The van der Waals surface area contributed by atoms with Crippen molar-refractivity contribution in [3.05, 3.63) is 11.6 Å². The Hall–Kier alpha value is -0.340. The maximum Gasteiger partial charge on any atom is 0.0166 e. The molecule has 2 rings (SSSR count). The van der Waals surface area contributed by atoms with Crippen molar-refractivity contribution in [2.75, 3.05) is 32.7 Å². The minimum absolute atomic E-state index is 0.363. The van der Waals surface area contributed by atoms with Crippen molar-refractivity contribution in [2.45, 2.75) is 59.8 Å². The summed E-state index contributed by atoms with van der Waals surface area (Å²) in [6.07, 6.45) is 9.24. The molecule has 2 aliphatic heterocycles. The highest BCUT2D eigenvalue weighted by Gasteiger charge is 2.33. The first kappa shape index (κ1) is 16.0. The molecule has 0 aromatic heterocycles. The first-order valence-corrected chi connectivity index (χ1v) is 8.58. The Morgan fingerprint density at radius 3 is 2.45 bits per heavy atom. The predicted octanol–water partition coefficient (Wildman–Crippen LogP) is 3.83. The molecule has 0 aliphatic carbocycles. The number of rotatable bonds is 4. The summed E-state index contributed by atoms with van der Waals surface area (Å²) in [5, 5.41) is 3.53. The van der Waals surface area contributed by atoms with E-state index in [-0.39, 0.29) is 0 Å². The first-order chi connectivity index (χ1) is 9.45. The molecule has 0 radical (unpaired) electrons. The second kappa shape index (κ2) is 6.62. The van der Waals surface area contributed by atoms with Crippen LogP contribution in [-0.2, 0) is 0 Å². The molecule has 0 amide bonds. The van der Waals surface area contributed by atoms with Gasteiger partial charge in [0.25, 0.3) is 0 Å². The van der Waals surface area contributed by atoms with Crippen LogP contribution in [0.5, 0.6) is 0 Å². The molecule has 2 heterocycles. The summed E-state index contributed by atoms with van der Waals surface area (Å²) < 4.78 is 0. The van der Waals surface area contributed by atoms with Gasteiger partial charge in [-0.2, -0.15) is 0 Å². The van der Waals surface area contributed by atoms with Gasteiger partial charge in [0, 0.05) is 19.6 Å². The van der Waals surface area contributed by atoms with E-state index in [1.807, 2.05) is 0 Å². The van der Waals surface area contributed by atoms with Crippen LogP contribution >= 0.6 is 0 Å². The molecule has 1 fully saturated rings. The van der Waals surface area contributed by atoms with E-state index < -0.39 is 0 Å². The van der Waals surface area contributed by atoms with Crippen LogP contribution in [0, 0.1) is 10.8 Å². The van der Waals surface area contributed by atoms with Gasteiger partial charge in [0.1, 0.15) is 0 Å². The van der Waals surface area contributed by atoms with Crippen LogP contribution in [0.1, 0.15) is 59.8 Å². The van der Waals surface area contributed by atoms with Gasteiger partial charge in [-0.25, -0.2) is 0 Å². The zero-order valence-electron chi connectivity index (χ0n) is 14.1. The van der Waals surface area contributed by atoms with Crippen molar-refractivity contribution >= 4 is 0 Å². The minimum Gasteiger partial charge on any atom is -0.317 e. The largest absolute Gasteiger partial charge is 0.317 e. The molecule has 0 atom stereocenters. The van der Waals surface area contributed by atoms with Gasteiger partial charge in [0.2, 0.25) is 0 Å². The molecule has 2 heteroatoms. The van der Waals surface area contributed by atoms with Crippen molar-refractivity contribution in [1.29, 1.82) is 0 Å². The Balaban J connectivity index is 1.94. The van der Waals surface area contributed by atoms with Gasteiger partial charge in [-0.1, -0.05) is 45.8 Å². The van der Waals surface area contributed by atoms with E-state index in [0.29, 0.717) is 10.8 Å². The van der Waals surface area contributed by atoms with Crippen LogP contribution in [-0.4, -0.2) is 37.6 Å². The van der Waals surface area contributed by atoms with E-state index in [4.69, 9.17) is 0 Å². The zero-order valence-corrected chi connectivity index (χ0v) is 14.1. The van der Waals surface area contributed by atoms with Gasteiger partial charge in [-0.05, 0) is 49.6 Å². The van der Waals surface area contributed by atoms with Gasteiger partial charge in [0.15, 0.2) is 0 Å². The Morgan fingerprint density at radius 1 is 1.25 bits per heavy atom. The molecule has 1 saturated heterocycles. The van der Waals surface area contributed by atoms with Crippen LogP contribution in [0.3, 0.4) is 0 Å². The average Bonchev–Trinajstić information content (AvgIpc) is 2.39. The normalized spacial score (nSPS) is 24.5. The lowest BCUT2D eigenvalue weighted by Gasteiger charge is -2.43. The van der Waals surface area contributed by atoms with E-state index in [0.717, 1.165) is 0 Å². The SMILES string of the molecule is CCCC1(CN2CC=C(C(C)(C)C)CC2)CCNCC1. The van der Waals surface area contributed by atoms with Gasteiger partial charge < -0.3 is 5.32 Å². The fourth-order valence-electron chi connectivity index (χ4n) is 3.98. The third-order valence-electron chi connectivity index (χ3n) is 5.26. The Morgan fingerprint density at radius 2 is 1.95 bits per heavy atom. The highest BCUT2D eigenvalue weighted by Crippen LogP contribution is 2.36. The minimum atomic E-state index is 0.363. The number of nitrogens with one attached hydrogen (secondary N) is 1. The lowest BCUT2D eigenvalue weighted by atomic mass is 9.74. The molecular weight excluding hydrogens is 244 g/mol. The van der Waals surface area contributed by atoms with E-state index in [1.165, 1.54) is 64.8 Å². The van der Waals surface area contributed by atoms with Gasteiger partial charge in [-0.15, -0.1) is 0 Å². The monoisotopic (exact) mass is 278 g/mol. The molecule has 0 saturated carbocycles. The lowest BCUT2D eigenvalue weighted by molar-refractivity contribution is 0.104. The highest BCUT2D eigenvalue weighted by atomic mass is 15.1. The highest BCUT2D eigenvalue weighted by molar-refractivity contribution is 5.14. The fraction of sp³-hybridized carbons (Fsp3) is 0.889. The molecule has 116 valence electrons. The second-order valence-corrected chi connectivity index (χ2v) is 7.96. The number of hydrogen-bond acceptors (Lipinski definition) is 2. The molecule has 2 aliphatic rings. The summed E-state index contributed by atoms with van der Waals surface area (Å²) in [4.78, 5) is 2.70. The number of hydrogen-bond donors (Lipinski definition) is 1. The predicted molar refractivity (Wildman–Crippen MR) is 88.0 cm³/mol. The molecule has 0 unspecified atom stereocenters. The van der Waals surface area contributed by atoms with E-state index in [1.54, 1.807) is 5.57 Å². The summed E-state index contributed by atoms with van der Waals surface area (Å²) >= 11 is 0. The first-order valence-electron chi connectivity index (χ1n) is 8.58. The molecular formula is C18H34N2. The topological polar surface area (TPSA) is 15.3 Å². The molecule has 1 N–H and O–H groups in total. The third-order valence-corrected chi connectivity index (χ3v) is 5.26. The number of nitrogens with zero attached hydrogens (tertiary/aromatic N) is 1. The Labute approximate surface area is 126 Å². The van der Waals surface area contributed by atoms with Gasteiger partial charge in [-0.3, -0.25) is 4.90 Å². The van der Waals surface area contributed by atoms with E-state index in [2.05, 4.69) is 44.0 Å². The van der Waals surface area contributed by atoms with Crippen LogP contribution < -0.4 is 5.32 Å². The van der Waals surface area contributed by atoms with Gasteiger partial charge >= 0.3 is 0 Å². The van der Waals surface area contributed by atoms with Crippen molar-refractivity contribution in [2.24, 2.45) is 10.8 Å². The molecule has 0 aromatic rings. The van der Waals surface area contributed by atoms with Crippen molar-refractivity contribution in [3.63, 3.8) is 0 Å². The van der Waals surface area contributed by atoms with Crippen molar-refractivity contribution in [3.8, 4) is 0 Å². The zero-order chi connectivity index (χ0) is 14.6. The molecule has 20 heavy (non-hydrogen) atoms. The fourth-order valence-corrected chi connectivity index (χ4v) is 3.98. The lowest BCUT2D eigenvalue weighted by Crippen LogP contribution is -2.46. The standard InChI is InChI=1S/C18H34N2/c1-5-8-18(9-11-19-12-10-18)15-20-13-6-16(7-14-20)17(2,3)4/h6,19H,5,7-15H2,1-4H3. The smallest absolute Gasteiger partial charge is 0.0166 e. The summed E-state index contributed by atoms with van der Waals surface area (Å²) in [6, 6.07) is 0. The molecule has 2 nitrogen and oxygen atoms in total. The van der Waals surface area contributed by atoms with E-state index >= 15 is 0 Å². The second-order valence-electron chi connectivity index (χ2n) is 7.96. The summed E-state index contributed by atoms with van der Waals surface area (Å²) in [7, 11) is 0. The Bertz CT molecular complexity index is 326. The Kier molecular flexibility index (Phi) is 5.30. The molecule has 0 bridgehead atoms. The van der Waals surface area contributed by atoms with E-state index in [9.17, 15) is 0 Å². The maximum absolute atomic E-state index is 3.53. The van der Waals surface area contributed by atoms with Crippen LogP contribution in [0.2, 0.25) is 0 Å². The quantitative estimate of drug-likeness (QED) is 0.786. The average molecular weight is 278 g/mol. The van der Waals surface area contributed by atoms with Crippen LogP contribution in [0.15, 0.2) is 11.6 Å². The maximum atomic E-state index is 3.53. The summed E-state index contributed by atoms with van der Waals surface area (Å²) in [6.45, 7) is 15.6.